The van der Waals surface area contributed by atoms with Crippen LogP contribution in [0.1, 0.15) is 44.0 Å². The van der Waals surface area contributed by atoms with E-state index in [0.717, 1.165) is 83.2 Å². The molecule has 1 saturated heterocycles. The molecule has 3 N–H and O–H groups in total. The highest BCUT2D eigenvalue weighted by Crippen LogP contribution is 2.09. The number of aliphatic hydroxyl groups is 1. The van der Waals surface area contributed by atoms with E-state index in [1.165, 1.54) is 5.69 Å². The first kappa shape index (κ1) is 20.7. The van der Waals surface area contributed by atoms with Gasteiger partial charge in [0.15, 0.2) is 5.96 Å². The van der Waals surface area contributed by atoms with Crippen LogP contribution in [0.3, 0.4) is 0 Å². The minimum Gasteiger partial charge on any atom is -0.393 e. The highest BCUT2D eigenvalue weighted by Gasteiger charge is 2.15. The Morgan fingerprint density at radius 3 is 2.65 bits per heavy atom. The van der Waals surface area contributed by atoms with Gasteiger partial charge < -0.3 is 20.6 Å². The summed E-state index contributed by atoms with van der Waals surface area (Å²) in [7, 11) is 0. The molecule has 0 saturated carbocycles. The van der Waals surface area contributed by atoms with Gasteiger partial charge >= 0.3 is 0 Å². The molecule has 2 heterocycles. The van der Waals surface area contributed by atoms with Gasteiger partial charge in [-0.3, -0.25) is 9.67 Å². The highest BCUT2D eigenvalue weighted by molar-refractivity contribution is 5.79. The zero-order chi connectivity index (χ0) is 18.8. The van der Waals surface area contributed by atoms with Gasteiger partial charge in [0.05, 0.1) is 11.8 Å². The molecule has 148 valence electrons. The van der Waals surface area contributed by atoms with Crippen LogP contribution < -0.4 is 10.6 Å². The van der Waals surface area contributed by atoms with E-state index in [1.54, 1.807) is 0 Å². The molecule has 1 aliphatic heterocycles. The summed E-state index contributed by atoms with van der Waals surface area (Å²) in [6, 6.07) is 2.11. The molecule has 0 amide bonds. The van der Waals surface area contributed by atoms with Crippen molar-refractivity contribution in [2.45, 2.75) is 59.1 Å². The van der Waals surface area contributed by atoms with Gasteiger partial charge in [0, 0.05) is 45.0 Å². The van der Waals surface area contributed by atoms with Crippen molar-refractivity contribution < 1.29 is 5.11 Å². The average Bonchev–Trinajstić information content (AvgIpc) is 2.94. The summed E-state index contributed by atoms with van der Waals surface area (Å²) in [6.45, 7) is 12.8. The van der Waals surface area contributed by atoms with Gasteiger partial charge in [-0.15, -0.1) is 0 Å². The van der Waals surface area contributed by atoms with E-state index in [9.17, 15) is 5.11 Å². The Labute approximate surface area is 157 Å². The molecule has 1 fully saturated rings. The van der Waals surface area contributed by atoms with E-state index in [2.05, 4.69) is 50.2 Å². The van der Waals surface area contributed by atoms with Crippen molar-refractivity contribution in [1.82, 2.24) is 25.3 Å². The fraction of sp³-hybridized carbons (Fsp3) is 0.789. The number of nitrogens with zero attached hydrogens (tertiary/aromatic N) is 4. The van der Waals surface area contributed by atoms with E-state index in [0.29, 0.717) is 0 Å². The summed E-state index contributed by atoms with van der Waals surface area (Å²) < 4.78 is 2.06. The van der Waals surface area contributed by atoms with Crippen LogP contribution in [0.4, 0.5) is 0 Å². The molecule has 0 bridgehead atoms. The minimum atomic E-state index is -0.0914. The molecule has 0 radical (unpaired) electrons. The van der Waals surface area contributed by atoms with Crippen molar-refractivity contribution in [3.05, 3.63) is 17.5 Å². The SMILES string of the molecule is CCNC(=NCCCn1nc(C)cc1C)NCCCN1CCC(O)CC1. The van der Waals surface area contributed by atoms with Gasteiger partial charge in [0.2, 0.25) is 0 Å². The van der Waals surface area contributed by atoms with Crippen LogP contribution >= 0.6 is 0 Å². The zero-order valence-corrected chi connectivity index (χ0v) is 16.7. The number of hydrogen-bond acceptors (Lipinski definition) is 4. The maximum Gasteiger partial charge on any atom is 0.191 e. The number of hydrogen-bond donors (Lipinski definition) is 3. The van der Waals surface area contributed by atoms with Crippen LogP contribution in [0.15, 0.2) is 11.1 Å². The predicted octanol–water partition coefficient (Wildman–Crippen LogP) is 1.29. The smallest absolute Gasteiger partial charge is 0.191 e. The molecular weight excluding hydrogens is 328 g/mol. The summed E-state index contributed by atoms with van der Waals surface area (Å²) in [5, 5.41) is 20.8. The first-order valence-electron chi connectivity index (χ1n) is 10.0. The summed E-state index contributed by atoms with van der Waals surface area (Å²) in [5.41, 5.74) is 2.28. The third kappa shape index (κ3) is 7.33. The Hall–Kier alpha value is -1.60. The van der Waals surface area contributed by atoms with Gasteiger partial charge in [-0.2, -0.15) is 5.10 Å². The molecule has 0 unspecified atom stereocenters. The standard InChI is InChI=1S/C19H36N6O/c1-4-20-19(21-9-5-11-24-13-7-18(26)8-14-24)22-10-6-12-25-17(3)15-16(2)23-25/h15,18,26H,4-14H2,1-3H3,(H2,20,21,22). The quantitative estimate of drug-likeness (QED) is 0.350. The monoisotopic (exact) mass is 364 g/mol. The van der Waals surface area contributed by atoms with Crippen molar-refractivity contribution in [3.63, 3.8) is 0 Å². The van der Waals surface area contributed by atoms with Gasteiger partial charge in [-0.25, -0.2) is 0 Å². The zero-order valence-electron chi connectivity index (χ0n) is 16.7. The third-order valence-corrected chi connectivity index (χ3v) is 4.75. The second-order valence-electron chi connectivity index (χ2n) is 7.12. The molecule has 7 heteroatoms. The van der Waals surface area contributed by atoms with Crippen LogP contribution in [0.25, 0.3) is 0 Å². The van der Waals surface area contributed by atoms with Crippen LogP contribution in [-0.2, 0) is 6.54 Å². The number of nitrogens with one attached hydrogen (secondary N) is 2. The number of aryl methyl sites for hydroxylation is 3. The average molecular weight is 365 g/mol. The van der Waals surface area contributed by atoms with E-state index < -0.39 is 0 Å². The normalized spacial score (nSPS) is 16.8. The Kier molecular flexibility index (Phi) is 8.91. The van der Waals surface area contributed by atoms with Crippen LogP contribution in [0, 0.1) is 13.8 Å². The molecule has 0 aromatic carbocycles. The lowest BCUT2D eigenvalue weighted by molar-refractivity contribution is 0.0823. The van der Waals surface area contributed by atoms with Gasteiger partial charge in [0.25, 0.3) is 0 Å². The summed E-state index contributed by atoms with van der Waals surface area (Å²) in [6.07, 6.45) is 3.80. The molecule has 0 aliphatic carbocycles. The highest BCUT2D eigenvalue weighted by atomic mass is 16.3. The molecule has 26 heavy (non-hydrogen) atoms. The second-order valence-corrected chi connectivity index (χ2v) is 7.12. The fourth-order valence-corrected chi connectivity index (χ4v) is 3.31. The number of aliphatic imine (C=N–C) groups is 1. The molecular formula is C19H36N6O. The molecule has 1 aliphatic rings. The molecule has 2 rings (SSSR count). The van der Waals surface area contributed by atoms with Crippen LogP contribution in [0.5, 0.6) is 0 Å². The maximum atomic E-state index is 9.55. The van der Waals surface area contributed by atoms with E-state index in [4.69, 9.17) is 0 Å². The lowest BCUT2D eigenvalue weighted by Crippen LogP contribution is -2.40. The van der Waals surface area contributed by atoms with Crippen molar-refractivity contribution in [3.8, 4) is 0 Å². The van der Waals surface area contributed by atoms with Crippen molar-refractivity contribution in [2.24, 2.45) is 4.99 Å². The van der Waals surface area contributed by atoms with Crippen molar-refractivity contribution in [1.29, 1.82) is 0 Å². The topological polar surface area (TPSA) is 77.7 Å². The Bertz CT molecular complexity index is 548. The maximum absolute atomic E-state index is 9.55. The number of rotatable bonds is 9. The molecule has 0 spiro atoms. The van der Waals surface area contributed by atoms with Crippen molar-refractivity contribution in [2.75, 3.05) is 39.3 Å². The summed E-state index contributed by atoms with van der Waals surface area (Å²) in [4.78, 5) is 7.10. The predicted molar refractivity (Wildman–Crippen MR) is 107 cm³/mol. The minimum absolute atomic E-state index is 0.0914. The first-order valence-corrected chi connectivity index (χ1v) is 10.0. The third-order valence-electron chi connectivity index (χ3n) is 4.75. The number of likely N-dealkylation sites (tertiary alicyclic amines) is 1. The largest absolute Gasteiger partial charge is 0.393 e. The van der Waals surface area contributed by atoms with Crippen LogP contribution in [-0.4, -0.2) is 71.1 Å². The fourth-order valence-electron chi connectivity index (χ4n) is 3.31. The van der Waals surface area contributed by atoms with Crippen molar-refractivity contribution >= 4 is 5.96 Å². The van der Waals surface area contributed by atoms with E-state index in [-0.39, 0.29) is 6.10 Å². The Morgan fingerprint density at radius 1 is 1.23 bits per heavy atom. The molecule has 1 aromatic heterocycles. The van der Waals surface area contributed by atoms with Gasteiger partial charge in [0.1, 0.15) is 0 Å². The lowest BCUT2D eigenvalue weighted by Gasteiger charge is -2.29. The first-order chi connectivity index (χ1) is 12.6. The van der Waals surface area contributed by atoms with Crippen LogP contribution in [0.2, 0.25) is 0 Å². The second kappa shape index (κ2) is 11.2. The van der Waals surface area contributed by atoms with Gasteiger partial charge in [-0.05, 0) is 59.1 Å². The van der Waals surface area contributed by atoms with Gasteiger partial charge in [-0.1, -0.05) is 0 Å². The number of piperidine rings is 1. The summed E-state index contributed by atoms with van der Waals surface area (Å²) in [5.74, 6) is 0.898. The Balaban J connectivity index is 1.63. The van der Waals surface area contributed by atoms with E-state index in [1.807, 2.05) is 6.92 Å². The number of aliphatic hydroxyl groups excluding tert-OH is 1. The molecule has 7 nitrogen and oxygen atoms in total. The molecule has 1 aromatic rings. The Morgan fingerprint density at radius 2 is 2.00 bits per heavy atom. The lowest BCUT2D eigenvalue weighted by atomic mass is 10.1. The molecule has 0 atom stereocenters. The van der Waals surface area contributed by atoms with E-state index >= 15 is 0 Å². The number of aromatic nitrogens is 2. The number of guanidine groups is 1. The summed E-state index contributed by atoms with van der Waals surface area (Å²) >= 11 is 0.